The van der Waals surface area contributed by atoms with Gasteiger partial charge in [-0.2, -0.15) is 4.52 Å². The fraction of sp³-hybridized carbons (Fsp3) is 0.643. The number of fused-ring (bicyclic) bond motifs is 1. The van der Waals surface area contributed by atoms with Crippen molar-refractivity contribution < 1.29 is 0 Å². The molecule has 0 amide bonds. The molecule has 20 heavy (non-hydrogen) atoms. The lowest BCUT2D eigenvalue weighted by Crippen LogP contribution is -2.35. The fourth-order valence-corrected chi connectivity index (χ4v) is 3.84. The van der Waals surface area contributed by atoms with Gasteiger partial charge in [-0.3, -0.25) is 4.79 Å². The van der Waals surface area contributed by atoms with Gasteiger partial charge in [0.25, 0.3) is 5.56 Å². The predicted molar refractivity (Wildman–Crippen MR) is 81.5 cm³/mol. The second kappa shape index (κ2) is 5.16. The van der Waals surface area contributed by atoms with Gasteiger partial charge in [-0.25, -0.2) is 4.98 Å². The fourth-order valence-electron chi connectivity index (χ4n) is 2.92. The molecule has 2 heterocycles. The van der Waals surface area contributed by atoms with Gasteiger partial charge in [-0.15, -0.1) is 5.10 Å². The average molecular weight is 292 g/mol. The third-order valence-electron chi connectivity index (χ3n) is 4.39. The van der Waals surface area contributed by atoms with Crippen LogP contribution in [0.2, 0.25) is 0 Å². The molecule has 0 aliphatic heterocycles. The lowest BCUT2D eigenvalue weighted by Gasteiger charge is -2.34. The summed E-state index contributed by atoms with van der Waals surface area (Å²) in [6, 6.07) is 1.96. The highest BCUT2D eigenvalue weighted by atomic mass is 32.1. The van der Waals surface area contributed by atoms with Crippen LogP contribution in [0.3, 0.4) is 0 Å². The van der Waals surface area contributed by atoms with Crippen molar-refractivity contribution in [1.29, 1.82) is 0 Å². The molecule has 1 saturated carbocycles. The zero-order valence-electron chi connectivity index (χ0n) is 12.1. The molecule has 0 bridgehead atoms. The Kier molecular flexibility index (Phi) is 3.50. The third-order valence-corrected chi connectivity index (χ3v) is 5.23. The van der Waals surface area contributed by atoms with E-state index in [1.165, 1.54) is 41.2 Å². The van der Waals surface area contributed by atoms with Crippen LogP contribution in [0.4, 0.5) is 5.13 Å². The van der Waals surface area contributed by atoms with Crippen LogP contribution in [-0.2, 0) is 0 Å². The van der Waals surface area contributed by atoms with Gasteiger partial charge < -0.3 is 5.32 Å². The van der Waals surface area contributed by atoms with Crippen LogP contribution in [0, 0.1) is 18.8 Å². The normalized spacial score (nSPS) is 26.9. The molecule has 6 heteroatoms. The monoisotopic (exact) mass is 292 g/mol. The second-order valence-corrected chi connectivity index (χ2v) is 6.81. The van der Waals surface area contributed by atoms with Crippen molar-refractivity contribution >= 4 is 21.4 Å². The molecule has 2 aromatic rings. The Bertz CT molecular complexity index is 677. The number of aromatic nitrogens is 3. The molecule has 5 nitrogen and oxygen atoms in total. The summed E-state index contributed by atoms with van der Waals surface area (Å²) >= 11 is 1.45. The Labute approximate surface area is 122 Å². The highest BCUT2D eigenvalue weighted by molar-refractivity contribution is 7.20. The molecule has 2 aromatic heterocycles. The van der Waals surface area contributed by atoms with Crippen LogP contribution in [0.5, 0.6) is 0 Å². The van der Waals surface area contributed by atoms with Crippen molar-refractivity contribution in [2.45, 2.75) is 46.1 Å². The first-order chi connectivity index (χ1) is 9.54. The minimum atomic E-state index is -0.109. The summed E-state index contributed by atoms with van der Waals surface area (Å²) < 4.78 is 1.39. The minimum Gasteiger partial charge on any atom is -0.357 e. The van der Waals surface area contributed by atoms with E-state index in [1.807, 2.05) is 6.92 Å². The highest BCUT2D eigenvalue weighted by Crippen LogP contribution is 2.32. The SMILES string of the molecule is Cc1cc(=O)n2nc(NC3CCCC(C)C3C)sc2n1. The maximum Gasteiger partial charge on any atom is 0.275 e. The molecular weight excluding hydrogens is 272 g/mol. The molecular formula is C14H20N4OS. The van der Waals surface area contributed by atoms with Gasteiger partial charge in [0.05, 0.1) is 0 Å². The number of rotatable bonds is 2. The van der Waals surface area contributed by atoms with Gasteiger partial charge in [0.1, 0.15) is 0 Å². The number of anilines is 1. The van der Waals surface area contributed by atoms with Crippen molar-refractivity contribution in [3.63, 3.8) is 0 Å². The zero-order valence-corrected chi connectivity index (χ0v) is 12.9. The van der Waals surface area contributed by atoms with E-state index in [2.05, 4.69) is 29.2 Å². The molecule has 3 atom stereocenters. The zero-order chi connectivity index (χ0) is 14.3. The van der Waals surface area contributed by atoms with Crippen molar-refractivity contribution in [2.24, 2.45) is 11.8 Å². The first-order valence-electron chi connectivity index (χ1n) is 7.18. The summed E-state index contributed by atoms with van der Waals surface area (Å²) in [7, 11) is 0. The minimum absolute atomic E-state index is 0.109. The van der Waals surface area contributed by atoms with E-state index < -0.39 is 0 Å². The molecule has 0 spiro atoms. The van der Waals surface area contributed by atoms with Crippen LogP contribution in [0.15, 0.2) is 10.9 Å². The molecule has 1 aliphatic carbocycles. The maximum absolute atomic E-state index is 11.9. The molecule has 3 rings (SSSR count). The Morgan fingerprint density at radius 3 is 3.00 bits per heavy atom. The number of hydrogen-bond donors (Lipinski definition) is 1. The van der Waals surface area contributed by atoms with Crippen molar-refractivity contribution in [2.75, 3.05) is 5.32 Å². The molecule has 0 saturated heterocycles. The van der Waals surface area contributed by atoms with Crippen LogP contribution in [-0.4, -0.2) is 20.6 Å². The standard InChI is InChI=1S/C14H20N4OS/c1-8-5-4-6-11(10(8)3)16-13-17-18-12(19)7-9(2)15-14(18)20-13/h7-8,10-11H,4-6H2,1-3H3,(H,16,17). The Hall–Kier alpha value is -1.43. The van der Waals surface area contributed by atoms with Crippen LogP contribution in [0.25, 0.3) is 4.96 Å². The maximum atomic E-state index is 11.9. The number of nitrogens with zero attached hydrogens (tertiary/aromatic N) is 3. The lowest BCUT2D eigenvalue weighted by atomic mass is 9.78. The molecule has 3 unspecified atom stereocenters. The molecule has 1 fully saturated rings. The van der Waals surface area contributed by atoms with E-state index in [0.717, 1.165) is 16.7 Å². The quantitative estimate of drug-likeness (QED) is 0.924. The van der Waals surface area contributed by atoms with Gasteiger partial charge in [-0.05, 0) is 25.2 Å². The summed E-state index contributed by atoms with van der Waals surface area (Å²) in [5.74, 6) is 1.36. The van der Waals surface area contributed by atoms with Gasteiger partial charge >= 0.3 is 0 Å². The third kappa shape index (κ3) is 2.44. The van der Waals surface area contributed by atoms with Crippen molar-refractivity contribution in [3.05, 3.63) is 22.1 Å². The van der Waals surface area contributed by atoms with Crippen molar-refractivity contribution in [1.82, 2.24) is 14.6 Å². The van der Waals surface area contributed by atoms with Crippen LogP contribution >= 0.6 is 11.3 Å². The largest absolute Gasteiger partial charge is 0.357 e. The summed E-state index contributed by atoms with van der Waals surface area (Å²) in [5.41, 5.74) is 0.631. The second-order valence-electron chi connectivity index (χ2n) is 5.86. The average Bonchev–Trinajstić information content (AvgIpc) is 2.78. The van der Waals surface area contributed by atoms with Crippen LogP contribution < -0.4 is 10.9 Å². The topological polar surface area (TPSA) is 59.3 Å². The Morgan fingerprint density at radius 2 is 2.20 bits per heavy atom. The molecule has 108 valence electrons. The highest BCUT2D eigenvalue weighted by Gasteiger charge is 2.27. The molecule has 0 aromatic carbocycles. The van der Waals surface area contributed by atoms with Gasteiger partial charge in [0.2, 0.25) is 10.1 Å². The van der Waals surface area contributed by atoms with E-state index >= 15 is 0 Å². The van der Waals surface area contributed by atoms with Gasteiger partial charge in [0, 0.05) is 17.8 Å². The van der Waals surface area contributed by atoms with Crippen LogP contribution in [0.1, 0.15) is 38.8 Å². The number of aryl methyl sites for hydroxylation is 1. The number of hydrogen-bond acceptors (Lipinski definition) is 5. The van der Waals surface area contributed by atoms with E-state index in [9.17, 15) is 4.79 Å². The first-order valence-corrected chi connectivity index (χ1v) is 8.00. The number of nitrogens with one attached hydrogen (secondary N) is 1. The Balaban J connectivity index is 1.88. The summed E-state index contributed by atoms with van der Waals surface area (Å²) in [5, 5.41) is 8.66. The summed E-state index contributed by atoms with van der Waals surface area (Å²) in [6.07, 6.45) is 3.73. The predicted octanol–water partition coefficient (Wildman–Crippen LogP) is 2.70. The van der Waals surface area contributed by atoms with E-state index in [4.69, 9.17) is 0 Å². The summed E-state index contributed by atoms with van der Waals surface area (Å²) in [6.45, 7) is 6.44. The molecule has 0 radical (unpaired) electrons. The lowest BCUT2D eigenvalue weighted by molar-refractivity contribution is 0.253. The summed E-state index contributed by atoms with van der Waals surface area (Å²) in [4.78, 5) is 16.9. The van der Waals surface area contributed by atoms with Gasteiger partial charge in [0.15, 0.2) is 0 Å². The Morgan fingerprint density at radius 1 is 1.40 bits per heavy atom. The van der Waals surface area contributed by atoms with E-state index in [1.54, 1.807) is 0 Å². The molecule has 1 aliphatic rings. The van der Waals surface area contributed by atoms with E-state index in [-0.39, 0.29) is 5.56 Å². The van der Waals surface area contributed by atoms with Crippen molar-refractivity contribution in [3.8, 4) is 0 Å². The molecule has 1 N–H and O–H groups in total. The smallest absolute Gasteiger partial charge is 0.275 e. The van der Waals surface area contributed by atoms with Gasteiger partial charge in [-0.1, -0.05) is 38.0 Å². The first kappa shape index (κ1) is 13.5. The van der Waals surface area contributed by atoms with E-state index in [0.29, 0.717) is 16.9 Å².